The molecule has 0 aliphatic heterocycles. The number of rotatable bonds is 3. The van der Waals surface area contributed by atoms with Crippen molar-refractivity contribution in [3.8, 4) is 28.1 Å². The average molecular weight is 302 g/mol. The minimum Gasteiger partial charge on any atom is -0.497 e. The van der Waals surface area contributed by atoms with Crippen LogP contribution in [0.1, 0.15) is 0 Å². The average Bonchev–Trinajstić information content (AvgIpc) is 3.06. The molecular formula is C18H14N4O. The van der Waals surface area contributed by atoms with Crippen molar-refractivity contribution >= 4 is 5.65 Å². The van der Waals surface area contributed by atoms with Crippen LogP contribution in [0.5, 0.6) is 5.75 Å². The first-order valence-electron chi connectivity index (χ1n) is 7.24. The first-order chi connectivity index (χ1) is 11.4. The molecule has 0 saturated heterocycles. The second kappa shape index (κ2) is 5.53. The lowest BCUT2D eigenvalue weighted by molar-refractivity contribution is 0.415. The molecule has 112 valence electrons. The lowest BCUT2D eigenvalue weighted by Crippen LogP contribution is -1.95. The van der Waals surface area contributed by atoms with E-state index in [1.54, 1.807) is 25.7 Å². The quantitative estimate of drug-likeness (QED) is 0.581. The molecule has 5 heteroatoms. The molecule has 4 aromatic rings. The fraction of sp³-hybridized carbons (Fsp3) is 0.0556. The number of hydrogen-bond donors (Lipinski definition) is 0. The molecule has 3 heterocycles. The Morgan fingerprint density at radius 2 is 1.65 bits per heavy atom. The third-order valence-corrected chi connectivity index (χ3v) is 3.78. The summed E-state index contributed by atoms with van der Waals surface area (Å²) in [6.07, 6.45) is 7.19. The van der Waals surface area contributed by atoms with Gasteiger partial charge in [0.05, 0.1) is 19.0 Å². The van der Waals surface area contributed by atoms with Crippen LogP contribution in [0.3, 0.4) is 0 Å². The van der Waals surface area contributed by atoms with Gasteiger partial charge >= 0.3 is 0 Å². The van der Waals surface area contributed by atoms with Gasteiger partial charge in [-0.05, 0) is 35.9 Å². The highest BCUT2D eigenvalue weighted by atomic mass is 16.5. The van der Waals surface area contributed by atoms with Crippen LogP contribution in [0.4, 0.5) is 0 Å². The van der Waals surface area contributed by atoms with Crippen LogP contribution < -0.4 is 4.74 Å². The van der Waals surface area contributed by atoms with Crippen LogP contribution in [0.25, 0.3) is 28.0 Å². The highest BCUT2D eigenvalue weighted by molar-refractivity contribution is 5.79. The SMILES string of the molecule is COc1ccc(-c2cnn3c(-c4ccncc4)ccnc23)cc1. The summed E-state index contributed by atoms with van der Waals surface area (Å²) < 4.78 is 7.06. The molecule has 0 atom stereocenters. The number of pyridine rings is 1. The molecule has 0 fully saturated rings. The molecule has 0 radical (unpaired) electrons. The lowest BCUT2D eigenvalue weighted by Gasteiger charge is -2.05. The Kier molecular flexibility index (Phi) is 3.24. The van der Waals surface area contributed by atoms with Crippen molar-refractivity contribution in [3.63, 3.8) is 0 Å². The minimum absolute atomic E-state index is 0.824. The molecule has 0 amide bonds. The van der Waals surface area contributed by atoms with E-state index in [9.17, 15) is 0 Å². The number of benzene rings is 1. The van der Waals surface area contributed by atoms with Crippen LogP contribution in [0.15, 0.2) is 67.3 Å². The first-order valence-corrected chi connectivity index (χ1v) is 7.24. The second-order valence-corrected chi connectivity index (χ2v) is 5.09. The summed E-state index contributed by atoms with van der Waals surface area (Å²) in [7, 11) is 1.66. The van der Waals surface area contributed by atoms with Crippen molar-refractivity contribution in [3.05, 3.63) is 67.3 Å². The molecule has 5 nitrogen and oxygen atoms in total. The van der Waals surface area contributed by atoms with Gasteiger partial charge in [0.15, 0.2) is 5.65 Å². The van der Waals surface area contributed by atoms with Gasteiger partial charge in [0.2, 0.25) is 0 Å². The smallest absolute Gasteiger partial charge is 0.163 e. The van der Waals surface area contributed by atoms with Gasteiger partial charge in [0.1, 0.15) is 5.75 Å². The van der Waals surface area contributed by atoms with E-state index in [4.69, 9.17) is 4.74 Å². The maximum Gasteiger partial charge on any atom is 0.163 e. The maximum atomic E-state index is 5.21. The zero-order valence-electron chi connectivity index (χ0n) is 12.5. The summed E-state index contributed by atoms with van der Waals surface area (Å²) in [5, 5.41) is 4.52. The second-order valence-electron chi connectivity index (χ2n) is 5.09. The van der Waals surface area contributed by atoms with Gasteiger partial charge < -0.3 is 4.74 Å². The Labute approximate surface area is 133 Å². The standard InChI is InChI=1S/C18H14N4O/c1-23-15-4-2-13(3-5-15)16-12-21-22-17(8-11-20-18(16)22)14-6-9-19-10-7-14/h2-12H,1H3. The van der Waals surface area contributed by atoms with Gasteiger partial charge in [-0.25, -0.2) is 9.50 Å². The van der Waals surface area contributed by atoms with Crippen molar-refractivity contribution < 1.29 is 4.74 Å². The van der Waals surface area contributed by atoms with E-state index >= 15 is 0 Å². The molecule has 4 rings (SSSR count). The van der Waals surface area contributed by atoms with Gasteiger partial charge in [0, 0.05) is 29.7 Å². The van der Waals surface area contributed by atoms with E-state index in [1.807, 2.05) is 53.2 Å². The van der Waals surface area contributed by atoms with E-state index in [0.29, 0.717) is 0 Å². The normalized spacial score (nSPS) is 10.8. The molecule has 0 spiro atoms. The fourth-order valence-corrected chi connectivity index (χ4v) is 2.61. The number of fused-ring (bicyclic) bond motifs is 1. The minimum atomic E-state index is 0.824. The molecular weight excluding hydrogens is 288 g/mol. The monoisotopic (exact) mass is 302 g/mol. The summed E-state index contributed by atoms with van der Waals surface area (Å²) in [5.41, 5.74) is 4.90. The zero-order valence-corrected chi connectivity index (χ0v) is 12.5. The summed E-state index contributed by atoms with van der Waals surface area (Å²) in [4.78, 5) is 8.56. The Morgan fingerprint density at radius 1 is 0.870 bits per heavy atom. The Hall–Kier alpha value is -3.21. The van der Waals surface area contributed by atoms with E-state index < -0.39 is 0 Å². The van der Waals surface area contributed by atoms with Crippen molar-refractivity contribution in [2.45, 2.75) is 0 Å². The van der Waals surface area contributed by atoms with Crippen molar-refractivity contribution in [1.29, 1.82) is 0 Å². The van der Waals surface area contributed by atoms with E-state index in [2.05, 4.69) is 15.1 Å². The maximum absolute atomic E-state index is 5.21. The van der Waals surface area contributed by atoms with E-state index in [-0.39, 0.29) is 0 Å². The molecule has 0 unspecified atom stereocenters. The molecule has 0 saturated carbocycles. The van der Waals surface area contributed by atoms with Gasteiger partial charge in [-0.3, -0.25) is 4.98 Å². The fourth-order valence-electron chi connectivity index (χ4n) is 2.61. The lowest BCUT2D eigenvalue weighted by atomic mass is 10.1. The van der Waals surface area contributed by atoms with E-state index in [0.717, 1.165) is 33.8 Å². The van der Waals surface area contributed by atoms with Crippen LogP contribution in [0, 0.1) is 0 Å². The van der Waals surface area contributed by atoms with Crippen LogP contribution >= 0.6 is 0 Å². The number of hydrogen-bond acceptors (Lipinski definition) is 4. The third-order valence-electron chi connectivity index (χ3n) is 3.78. The van der Waals surface area contributed by atoms with Crippen molar-refractivity contribution in [2.75, 3.05) is 7.11 Å². The Balaban J connectivity index is 1.87. The largest absolute Gasteiger partial charge is 0.497 e. The zero-order chi connectivity index (χ0) is 15.6. The molecule has 0 bridgehead atoms. The van der Waals surface area contributed by atoms with Crippen molar-refractivity contribution in [2.24, 2.45) is 0 Å². The van der Waals surface area contributed by atoms with Gasteiger partial charge in [-0.15, -0.1) is 0 Å². The van der Waals surface area contributed by atoms with Crippen LogP contribution in [-0.4, -0.2) is 26.7 Å². The molecule has 0 aliphatic rings. The molecule has 23 heavy (non-hydrogen) atoms. The Morgan fingerprint density at radius 3 is 2.39 bits per heavy atom. The van der Waals surface area contributed by atoms with Gasteiger partial charge in [-0.1, -0.05) is 12.1 Å². The molecule has 0 aliphatic carbocycles. The molecule has 0 N–H and O–H groups in total. The van der Waals surface area contributed by atoms with Gasteiger partial charge in [0.25, 0.3) is 0 Å². The Bertz CT molecular complexity index is 946. The predicted molar refractivity (Wildman–Crippen MR) is 88.2 cm³/mol. The number of nitrogens with zero attached hydrogens (tertiary/aromatic N) is 4. The molecule has 3 aromatic heterocycles. The summed E-state index contributed by atoms with van der Waals surface area (Å²) in [6.45, 7) is 0. The predicted octanol–water partition coefficient (Wildman–Crippen LogP) is 3.47. The van der Waals surface area contributed by atoms with Crippen LogP contribution in [-0.2, 0) is 0 Å². The summed E-state index contributed by atoms with van der Waals surface area (Å²) >= 11 is 0. The number of ether oxygens (including phenoxy) is 1. The van der Waals surface area contributed by atoms with E-state index in [1.165, 1.54) is 0 Å². The number of methoxy groups -OCH3 is 1. The highest BCUT2D eigenvalue weighted by Gasteiger charge is 2.11. The third kappa shape index (κ3) is 2.32. The summed E-state index contributed by atoms with van der Waals surface area (Å²) in [6, 6.07) is 13.8. The van der Waals surface area contributed by atoms with Crippen molar-refractivity contribution in [1.82, 2.24) is 19.6 Å². The highest BCUT2D eigenvalue weighted by Crippen LogP contribution is 2.28. The molecule has 1 aromatic carbocycles. The van der Waals surface area contributed by atoms with Crippen LogP contribution in [0.2, 0.25) is 0 Å². The topological polar surface area (TPSA) is 52.3 Å². The number of aromatic nitrogens is 4. The summed E-state index contributed by atoms with van der Waals surface area (Å²) in [5.74, 6) is 0.829. The first kappa shape index (κ1) is 13.5. The van der Waals surface area contributed by atoms with Gasteiger partial charge in [-0.2, -0.15) is 5.10 Å².